The Hall–Kier alpha value is -1.45. The van der Waals surface area contributed by atoms with E-state index in [1.807, 2.05) is 20.8 Å². The first kappa shape index (κ1) is 9.12. The molecule has 0 spiro atoms. The molecule has 14 heavy (non-hydrogen) atoms. The molecular formula is C10H13N3O. The molecule has 0 saturated heterocycles. The lowest BCUT2D eigenvalue weighted by molar-refractivity contribution is 0.123. The lowest BCUT2D eigenvalue weighted by Crippen LogP contribution is -2.24. The maximum absolute atomic E-state index is 5.70. The minimum Gasteiger partial charge on any atom is -0.471 e. The second-order valence-electron chi connectivity index (χ2n) is 4.22. The van der Waals surface area contributed by atoms with Gasteiger partial charge in [0.15, 0.2) is 0 Å². The lowest BCUT2D eigenvalue weighted by atomic mass is 10.2. The van der Waals surface area contributed by atoms with Crippen LogP contribution in [0.5, 0.6) is 5.88 Å². The van der Waals surface area contributed by atoms with Crippen molar-refractivity contribution in [2.24, 2.45) is 4.99 Å². The molecule has 2 heterocycles. The van der Waals surface area contributed by atoms with Crippen molar-refractivity contribution in [3.05, 3.63) is 17.6 Å². The van der Waals surface area contributed by atoms with Crippen LogP contribution >= 0.6 is 0 Å². The summed E-state index contributed by atoms with van der Waals surface area (Å²) in [5, 5.41) is 0. The molecule has 4 heteroatoms. The van der Waals surface area contributed by atoms with Crippen LogP contribution in [0, 0.1) is 0 Å². The molecule has 4 nitrogen and oxygen atoms in total. The molecule has 74 valence electrons. The van der Waals surface area contributed by atoms with Gasteiger partial charge in [-0.3, -0.25) is 4.99 Å². The summed E-state index contributed by atoms with van der Waals surface area (Å²) in [5.41, 5.74) is 1.63. The fourth-order valence-corrected chi connectivity index (χ4v) is 1.26. The molecule has 0 N–H and O–H groups in total. The van der Waals surface area contributed by atoms with E-state index in [0.29, 0.717) is 12.4 Å². The Bertz CT molecular complexity index is 379. The van der Waals surface area contributed by atoms with Gasteiger partial charge in [0, 0.05) is 6.21 Å². The molecule has 0 radical (unpaired) electrons. The first-order valence-electron chi connectivity index (χ1n) is 4.59. The Morgan fingerprint density at radius 2 is 2.07 bits per heavy atom. The van der Waals surface area contributed by atoms with Crippen molar-refractivity contribution in [2.75, 3.05) is 0 Å². The molecule has 1 aliphatic rings. The average molecular weight is 191 g/mol. The minimum absolute atomic E-state index is 0.238. The molecule has 0 bridgehead atoms. The van der Waals surface area contributed by atoms with Crippen LogP contribution in [0.3, 0.4) is 0 Å². The molecule has 0 atom stereocenters. The molecule has 0 fully saturated rings. The number of hydrogen-bond acceptors (Lipinski definition) is 4. The van der Waals surface area contributed by atoms with Gasteiger partial charge in [0.25, 0.3) is 0 Å². The zero-order valence-corrected chi connectivity index (χ0v) is 8.61. The predicted octanol–water partition coefficient (Wildman–Crippen LogP) is 1.59. The Balaban J connectivity index is 2.35. The van der Waals surface area contributed by atoms with Crippen molar-refractivity contribution in [2.45, 2.75) is 32.9 Å². The first-order chi connectivity index (χ1) is 6.56. The summed E-state index contributed by atoms with van der Waals surface area (Å²) >= 11 is 0. The van der Waals surface area contributed by atoms with Gasteiger partial charge in [0.1, 0.15) is 11.9 Å². The van der Waals surface area contributed by atoms with E-state index in [9.17, 15) is 0 Å². The van der Waals surface area contributed by atoms with Crippen LogP contribution in [0.15, 0.2) is 11.3 Å². The highest BCUT2D eigenvalue weighted by Gasteiger charge is 2.19. The molecular weight excluding hydrogens is 178 g/mol. The van der Waals surface area contributed by atoms with E-state index < -0.39 is 0 Å². The molecule has 0 aliphatic carbocycles. The van der Waals surface area contributed by atoms with Crippen LogP contribution in [0.1, 0.15) is 32.0 Å². The number of nitrogens with zero attached hydrogens (tertiary/aromatic N) is 3. The summed E-state index contributed by atoms with van der Waals surface area (Å²) in [6.45, 7) is 6.62. The topological polar surface area (TPSA) is 47.4 Å². The fraction of sp³-hybridized carbons (Fsp3) is 0.500. The largest absolute Gasteiger partial charge is 0.471 e. The third-order valence-corrected chi connectivity index (χ3v) is 1.79. The number of fused-ring (bicyclic) bond motifs is 1. The fourth-order valence-electron chi connectivity index (χ4n) is 1.26. The molecule has 0 unspecified atom stereocenters. The highest BCUT2D eigenvalue weighted by molar-refractivity contribution is 5.86. The third-order valence-electron chi connectivity index (χ3n) is 1.79. The van der Waals surface area contributed by atoms with E-state index in [2.05, 4.69) is 15.0 Å². The van der Waals surface area contributed by atoms with Gasteiger partial charge in [0.05, 0.1) is 17.8 Å². The Morgan fingerprint density at radius 1 is 1.29 bits per heavy atom. The Labute approximate surface area is 83.1 Å². The van der Waals surface area contributed by atoms with Gasteiger partial charge < -0.3 is 4.74 Å². The zero-order chi connectivity index (χ0) is 10.2. The highest BCUT2D eigenvalue weighted by atomic mass is 16.5. The monoisotopic (exact) mass is 191 g/mol. The predicted molar refractivity (Wildman–Crippen MR) is 53.7 cm³/mol. The standard InChI is InChI=1S/C10H13N3O/c1-10(2,3)14-9-7-4-11-5-8(7)12-6-13-9/h4,6H,5H2,1-3H3. The quantitative estimate of drug-likeness (QED) is 0.677. The van der Waals surface area contributed by atoms with Crippen molar-refractivity contribution in [3.8, 4) is 5.88 Å². The van der Waals surface area contributed by atoms with E-state index in [-0.39, 0.29) is 5.60 Å². The smallest absolute Gasteiger partial charge is 0.226 e. The molecule has 1 aromatic heterocycles. The molecule has 1 aliphatic heterocycles. The zero-order valence-electron chi connectivity index (χ0n) is 8.61. The second-order valence-corrected chi connectivity index (χ2v) is 4.22. The van der Waals surface area contributed by atoms with Gasteiger partial charge >= 0.3 is 0 Å². The van der Waals surface area contributed by atoms with Crippen molar-refractivity contribution >= 4 is 6.21 Å². The second kappa shape index (κ2) is 3.04. The summed E-state index contributed by atoms with van der Waals surface area (Å²) in [4.78, 5) is 12.4. The molecule has 0 aromatic carbocycles. The highest BCUT2D eigenvalue weighted by Crippen LogP contribution is 2.23. The number of aromatic nitrogens is 2. The number of ether oxygens (including phenoxy) is 1. The van der Waals surface area contributed by atoms with E-state index in [4.69, 9.17) is 4.74 Å². The minimum atomic E-state index is -0.238. The maximum atomic E-state index is 5.70. The van der Waals surface area contributed by atoms with Gasteiger partial charge in [-0.1, -0.05) is 0 Å². The summed E-state index contributed by atoms with van der Waals surface area (Å²) in [6.07, 6.45) is 3.30. The van der Waals surface area contributed by atoms with Crippen LogP contribution in [0.2, 0.25) is 0 Å². The maximum Gasteiger partial charge on any atom is 0.226 e. The SMILES string of the molecule is CC(C)(C)Oc1ncnc2c1C=NC2. The molecule has 0 saturated carbocycles. The van der Waals surface area contributed by atoms with E-state index >= 15 is 0 Å². The summed E-state index contributed by atoms with van der Waals surface area (Å²) in [5.74, 6) is 0.628. The normalized spacial score (nSPS) is 14.2. The summed E-state index contributed by atoms with van der Waals surface area (Å²) < 4.78 is 5.70. The van der Waals surface area contributed by atoms with Crippen LogP contribution < -0.4 is 4.74 Å². The van der Waals surface area contributed by atoms with Gasteiger partial charge in [-0.05, 0) is 20.8 Å². The summed E-state index contributed by atoms with van der Waals surface area (Å²) in [6, 6.07) is 0. The van der Waals surface area contributed by atoms with E-state index in [1.54, 1.807) is 6.21 Å². The average Bonchev–Trinajstić information content (AvgIpc) is 2.49. The summed E-state index contributed by atoms with van der Waals surface area (Å²) in [7, 11) is 0. The first-order valence-corrected chi connectivity index (χ1v) is 4.59. The van der Waals surface area contributed by atoms with Crippen LogP contribution in [-0.4, -0.2) is 21.8 Å². The Kier molecular flexibility index (Phi) is 1.98. The van der Waals surface area contributed by atoms with E-state index in [0.717, 1.165) is 11.3 Å². The third kappa shape index (κ3) is 1.73. The van der Waals surface area contributed by atoms with E-state index in [1.165, 1.54) is 6.33 Å². The number of hydrogen-bond donors (Lipinski definition) is 0. The van der Waals surface area contributed by atoms with Crippen molar-refractivity contribution in [1.29, 1.82) is 0 Å². The van der Waals surface area contributed by atoms with Crippen molar-refractivity contribution in [3.63, 3.8) is 0 Å². The Morgan fingerprint density at radius 3 is 2.79 bits per heavy atom. The molecule has 2 rings (SSSR count). The van der Waals surface area contributed by atoms with Gasteiger partial charge in [0.2, 0.25) is 5.88 Å². The van der Waals surface area contributed by atoms with Crippen molar-refractivity contribution < 1.29 is 4.74 Å². The van der Waals surface area contributed by atoms with Crippen LogP contribution in [-0.2, 0) is 6.54 Å². The van der Waals surface area contributed by atoms with Crippen LogP contribution in [0.25, 0.3) is 0 Å². The number of rotatable bonds is 1. The van der Waals surface area contributed by atoms with Gasteiger partial charge in [-0.25, -0.2) is 9.97 Å². The number of aliphatic imine (C=N–C) groups is 1. The van der Waals surface area contributed by atoms with Crippen LogP contribution in [0.4, 0.5) is 0 Å². The van der Waals surface area contributed by atoms with Crippen molar-refractivity contribution in [1.82, 2.24) is 9.97 Å². The molecule has 1 aromatic rings. The van der Waals surface area contributed by atoms with Gasteiger partial charge in [-0.2, -0.15) is 0 Å². The lowest BCUT2D eigenvalue weighted by Gasteiger charge is -2.21. The van der Waals surface area contributed by atoms with Gasteiger partial charge in [-0.15, -0.1) is 0 Å². The molecule has 0 amide bonds.